The van der Waals surface area contributed by atoms with E-state index in [0.717, 1.165) is 20.7 Å². The molecule has 40 heavy (non-hydrogen) atoms. The molecule has 0 spiro atoms. The first-order valence-electron chi connectivity index (χ1n) is 12.9. The zero-order chi connectivity index (χ0) is 27.9. The number of piperazine rings is 1. The lowest BCUT2D eigenvalue weighted by molar-refractivity contribution is -0.136. The third-order valence-corrected chi connectivity index (χ3v) is 11.8. The summed E-state index contributed by atoms with van der Waals surface area (Å²) in [5.74, 6) is 2.18. The number of hydrogen-bond acceptors (Lipinski definition) is 10. The first-order chi connectivity index (χ1) is 19.3. The molecule has 1 unspecified atom stereocenters. The van der Waals surface area contributed by atoms with Gasteiger partial charge in [-0.05, 0) is 23.6 Å². The second kappa shape index (κ2) is 11.2. The molecule has 0 aliphatic carbocycles. The number of carbonyl (C=O) groups is 2. The number of amides is 2. The Morgan fingerprint density at radius 1 is 1.10 bits per heavy atom. The number of carbonyl (C=O) groups excluding carboxylic acids is 2. The summed E-state index contributed by atoms with van der Waals surface area (Å²) in [5.41, 5.74) is 7.58. The molecule has 2 amide bonds. The fraction of sp³-hybridized carbons (Fsp3) is 0.423. The minimum atomic E-state index is -3.87. The Balaban J connectivity index is 1.27. The van der Waals surface area contributed by atoms with Crippen LogP contribution in [0, 0.1) is 12.3 Å². The monoisotopic (exact) mass is 600 g/mol. The van der Waals surface area contributed by atoms with Crippen LogP contribution in [0.25, 0.3) is 10.1 Å². The molecule has 3 aliphatic rings. The lowest BCUT2D eigenvalue weighted by Crippen LogP contribution is -2.58. The van der Waals surface area contributed by atoms with Gasteiger partial charge < -0.3 is 14.5 Å². The molecule has 3 aliphatic heterocycles. The molecular weight excluding hydrogens is 573 g/mol. The Morgan fingerprint density at radius 3 is 2.67 bits per heavy atom. The number of morpholine rings is 1. The van der Waals surface area contributed by atoms with Gasteiger partial charge in [-0.3, -0.25) is 20.4 Å². The van der Waals surface area contributed by atoms with Crippen LogP contribution in [0.15, 0.2) is 28.5 Å². The van der Waals surface area contributed by atoms with Gasteiger partial charge in [0.2, 0.25) is 5.91 Å². The second-order valence-electron chi connectivity index (χ2n) is 9.77. The average Bonchev–Trinajstić information content (AvgIpc) is 3.62. The summed E-state index contributed by atoms with van der Waals surface area (Å²) < 4.78 is 35.3. The number of nitrogens with one attached hydrogen (secondary N) is 2. The van der Waals surface area contributed by atoms with E-state index in [9.17, 15) is 18.0 Å². The molecular formula is C26H28N6O5S3. The maximum atomic E-state index is 13.8. The van der Waals surface area contributed by atoms with Crippen LogP contribution in [0.2, 0.25) is 0 Å². The highest BCUT2D eigenvalue weighted by Gasteiger charge is 2.40. The molecule has 5 heterocycles. The van der Waals surface area contributed by atoms with Crippen LogP contribution in [-0.4, -0.2) is 91.3 Å². The van der Waals surface area contributed by atoms with Crippen molar-refractivity contribution in [2.24, 2.45) is 0 Å². The van der Waals surface area contributed by atoms with Crippen molar-refractivity contribution in [3.63, 3.8) is 0 Å². The minimum Gasteiger partial charge on any atom is -0.378 e. The van der Waals surface area contributed by atoms with E-state index in [1.54, 1.807) is 28.0 Å². The Kier molecular flexibility index (Phi) is 7.62. The highest BCUT2D eigenvalue weighted by molar-refractivity contribution is 7.91. The third-order valence-electron chi connectivity index (χ3n) is 7.33. The number of ether oxygens (including phenoxy) is 1. The van der Waals surface area contributed by atoms with Gasteiger partial charge in [0, 0.05) is 60.8 Å². The van der Waals surface area contributed by atoms with Crippen LogP contribution < -0.4 is 10.9 Å². The number of rotatable bonds is 5. The summed E-state index contributed by atoms with van der Waals surface area (Å²) in [5, 5.41) is 1.15. The number of nitrogens with zero attached hydrogens (tertiary/aromatic N) is 4. The van der Waals surface area contributed by atoms with Gasteiger partial charge >= 0.3 is 0 Å². The summed E-state index contributed by atoms with van der Waals surface area (Å²) in [6.07, 6.45) is 5.53. The van der Waals surface area contributed by atoms with Crippen LogP contribution >= 0.6 is 22.7 Å². The van der Waals surface area contributed by atoms with Crippen LogP contribution in [-0.2, 0) is 32.6 Å². The zero-order valence-corrected chi connectivity index (χ0v) is 24.0. The van der Waals surface area contributed by atoms with Crippen LogP contribution in [0.3, 0.4) is 0 Å². The van der Waals surface area contributed by atoms with Gasteiger partial charge in [0.25, 0.3) is 15.9 Å². The van der Waals surface area contributed by atoms with Crippen molar-refractivity contribution in [2.75, 3.05) is 45.9 Å². The van der Waals surface area contributed by atoms with Crippen LogP contribution in [0.4, 0.5) is 0 Å². The number of terminal acetylenes is 1. The Bertz CT molecular complexity index is 1580. The van der Waals surface area contributed by atoms with Gasteiger partial charge in [0.1, 0.15) is 4.21 Å². The predicted octanol–water partition coefficient (Wildman–Crippen LogP) is 1.21. The molecule has 210 valence electrons. The summed E-state index contributed by atoms with van der Waals surface area (Å²) in [6, 6.07) is 6.43. The SMILES string of the molecule is C#Cc1ccc2cc(S(=O)(=O)N3CCN(C(=O)c4nc5c(s4)CNNC5)C(CC(=O)N4CCOCC4)C3)sc2c1. The van der Waals surface area contributed by atoms with Gasteiger partial charge in [-0.1, -0.05) is 12.0 Å². The number of thiazole rings is 1. The predicted molar refractivity (Wildman–Crippen MR) is 151 cm³/mol. The summed E-state index contributed by atoms with van der Waals surface area (Å²) >= 11 is 2.50. The zero-order valence-electron chi connectivity index (χ0n) is 21.6. The fourth-order valence-corrected chi connectivity index (χ4v) is 9.18. The number of aromatic nitrogens is 1. The second-order valence-corrected chi connectivity index (χ2v) is 14.1. The van der Waals surface area contributed by atoms with Gasteiger partial charge in [-0.2, -0.15) is 4.31 Å². The Labute approximate surface area is 240 Å². The molecule has 1 atom stereocenters. The van der Waals surface area contributed by atoms with E-state index >= 15 is 0 Å². The van der Waals surface area contributed by atoms with Crippen molar-refractivity contribution < 1.29 is 22.7 Å². The van der Waals surface area contributed by atoms with Crippen molar-refractivity contribution in [3.8, 4) is 12.3 Å². The summed E-state index contributed by atoms with van der Waals surface area (Å²) in [4.78, 5) is 35.8. The first-order valence-corrected chi connectivity index (χ1v) is 16.0. The van der Waals surface area contributed by atoms with Crippen molar-refractivity contribution in [1.82, 2.24) is 29.9 Å². The lowest BCUT2D eigenvalue weighted by Gasteiger charge is -2.41. The van der Waals surface area contributed by atoms with Gasteiger partial charge in [-0.25, -0.2) is 13.4 Å². The molecule has 11 nitrogen and oxygen atoms in total. The molecule has 0 radical (unpaired) electrons. The topological polar surface area (TPSA) is 124 Å². The molecule has 0 saturated carbocycles. The van der Waals surface area contributed by atoms with Crippen molar-refractivity contribution >= 4 is 54.6 Å². The minimum absolute atomic E-state index is 0.0161. The van der Waals surface area contributed by atoms with Crippen molar-refractivity contribution in [1.29, 1.82) is 0 Å². The first kappa shape index (κ1) is 27.3. The van der Waals surface area contributed by atoms with E-state index in [1.165, 1.54) is 27.0 Å². The quantitative estimate of drug-likeness (QED) is 0.419. The molecule has 2 N–H and O–H groups in total. The van der Waals surface area contributed by atoms with Gasteiger partial charge in [-0.15, -0.1) is 29.1 Å². The number of hydrazine groups is 1. The fourth-order valence-electron chi connectivity index (χ4n) is 5.14. The molecule has 6 rings (SSSR count). The maximum Gasteiger partial charge on any atom is 0.283 e. The smallest absolute Gasteiger partial charge is 0.283 e. The van der Waals surface area contributed by atoms with Crippen molar-refractivity contribution in [3.05, 3.63) is 45.4 Å². The third kappa shape index (κ3) is 5.26. The molecule has 2 aromatic heterocycles. The standard InChI is InChI=1S/C26H28N6O5S3/c1-2-17-3-4-18-12-24(38-21(18)11-17)40(35,36)31-5-6-32(19(16-31)13-23(33)30-7-9-37-10-8-30)26(34)25-29-20-14-27-28-15-22(20)39-25/h1,3-4,11-12,19,27-28H,5-10,13-16H2. The number of sulfonamides is 1. The number of benzene rings is 1. The van der Waals surface area contributed by atoms with E-state index in [0.29, 0.717) is 50.0 Å². The number of thiophene rings is 1. The molecule has 0 bridgehead atoms. The lowest BCUT2D eigenvalue weighted by atomic mass is 10.1. The van der Waals surface area contributed by atoms with Crippen molar-refractivity contribution in [2.45, 2.75) is 29.8 Å². The number of fused-ring (bicyclic) bond motifs is 2. The van der Waals surface area contributed by atoms with Gasteiger partial charge in [0.15, 0.2) is 5.01 Å². The van der Waals surface area contributed by atoms with Crippen LogP contribution in [0.1, 0.15) is 32.4 Å². The Morgan fingerprint density at radius 2 is 1.90 bits per heavy atom. The summed E-state index contributed by atoms with van der Waals surface area (Å²) in [7, 11) is -3.87. The van der Waals surface area contributed by atoms with Crippen LogP contribution in [0.5, 0.6) is 0 Å². The van der Waals surface area contributed by atoms with Gasteiger partial charge in [0.05, 0.1) is 31.5 Å². The van der Waals surface area contributed by atoms with E-state index in [-0.39, 0.29) is 42.1 Å². The van der Waals surface area contributed by atoms with E-state index in [1.807, 2.05) is 6.07 Å². The Hall–Kier alpha value is -2.90. The molecule has 14 heteroatoms. The van der Waals surface area contributed by atoms with E-state index in [2.05, 4.69) is 21.8 Å². The molecule has 1 aromatic carbocycles. The number of hydrogen-bond donors (Lipinski definition) is 2. The van der Waals surface area contributed by atoms with E-state index < -0.39 is 16.1 Å². The normalized spacial score (nSPS) is 20.3. The highest BCUT2D eigenvalue weighted by Crippen LogP contribution is 2.33. The average molecular weight is 601 g/mol. The summed E-state index contributed by atoms with van der Waals surface area (Å²) in [6.45, 7) is 3.25. The molecule has 2 fully saturated rings. The molecule has 2 saturated heterocycles. The van der Waals surface area contributed by atoms with E-state index in [4.69, 9.17) is 11.2 Å². The highest BCUT2D eigenvalue weighted by atomic mass is 32.2. The largest absolute Gasteiger partial charge is 0.378 e. The molecule has 3 aromatic rings. The maximum absolute atomic E-state index is 13.8.